The first-order chi connectivity index (χ1) is 13.0. The summed E-state index contributed by atoms with van der Waals surface area (Å²) in [6.07, 6.45) is 0.836. The maximum Gasteiger partial charge on any atom is 0.239 e. The third-order valence-corrected chi connectivity index (χ3v) is 5.20. The summed E-state index contributed by atoms with van der Waals surface area (Å²) in [7, 11) is 0. The van der Waals surface area contributed by atoms with E-state index < -0.39 is 0 Å². The average molecular weight is 429 g/mol. The van der Waals surface area contributed by atoms with Crippen molar-refractivity contribution >= 4 is 46.4 Å². The average Bonchev–Trinajstić information content (AvgIpc) is 3.16. The minimum Gasteiger partial charge on any atom is -0.492 e. The number of carbonyl (C=O) groups is 2. The van der Waals surface area contributed by atoms with Crippen molar-refractivity contribution in [3.63, 3.8) is 0 Å². The molecule has 0 saturated carbocycles. The number of hydrogen-bond acceptors (Lipinski definition) is 4. The summed E-state index contributed by atoms with van der Waals surface area (Å²) in [5.74, 6) is 0.297. The van der Waals surface area contributed by atoms with Gasteiger partial charge < -0.3 is 15.0 Å². The van der Waals surface area contributed by atoms with E-state index in [2.05, 4.69) is 5.32 Å². The highest BCUT2D eigenvalue weighted by Crippen LogP contribution is 2.27. The van der Waals surface area contributed by atoms with Gasteiger partial charge in [-0.05, 0) is 43.0 Å². The Morgan fingerprint density at radius 3 is 2.74 bits per heavy atom. The van der Waals surface area contributed by atoms with Gasteiger partial charge in [0.1, 0.15) is 5.75 Å². The van der Waals surface area contributed by atoms with E-state index in [1.54, 1.807) is 34.4 Å². The zero-order chi connectivity index (χ0) is 19.6. The highest BCUT2D eigenvalue weighted by atomic mass is 35.5. The zero-order valence-corrected chi connectivity index (χ0v) is 17.4. The number of thiophene rings is 1. The Labute approximate surface area is 173 Å². The van der Waals surface area contributed by atoms with Gasteiger partial charge in [0.05, 0.1) is 24.7 Å². The van der Waals surface area contributed by atoms with Crippen LogP contribution in [0.2, 0.25) is 10.0 Å². The Morgan fingerprint density at radius 2 is 2.07 bits per heavy atom. The number of likely N-dealkylation sites (N-methyl/N-ethyl adjacent to an activating group) is 1. The molecular weight excluding hydrogens is 407 g/mol. The normalized spacial score (nSPS) is 10.5. The minimum absolute atomic E-state index is 0.0601. The van der Waals surface area contributed by atoms with Gasteiger partial charge in [-0.15, -0.1) is 11.3 Å². The molecule has 0 aliphatic carbocycles. The van der Waals surface area contributed by atoms with Crippen LogP contribution >= 0.6 is 34.5 Å². The number of rotatable bonds is 10. The molecule has 2 aromatic rings. The lowest BCUT2D eigenvalue weighted by Crippen LogP contribution is -2.40. The fourth-order valence-corrected chi connectivity index (χ4v) is 3.47. The summed E-state index contributed by atoms with van der Waals surface area (Å²) in [6, 6.07) is 8.90. The van der Waals surface area contributed by atoms with E-state index in [0.717, 1.165) is 4.88 Å². The summed E-state index contributed by atoms with van der Waals surface area (Å²) >= 11 is 13.5. The van der Waals surface area contributed by atoms with Crippen molar-refractivity contribution in [2.45, 2.75) is 26.3 Å². The Kier molecular flexibility index (Phi) is 8.91. The molecule has 5 nitrogen and oxygen atoms in total. The molecule has 0 saturated heterocycles. The van der Waals surface area contributed by atoms with Crippen LogP contribution in [-0.2, 0) is 16.1 Å². The van der Waals surface area contributed by atoms with Crippen LogP contribution in [-0.4, -0.2) is 36.4 Å². The molecule has 8 heteroatoms. The number of nitrogens with zero attached hydrogens (tertiary/aromatic N) is 1. The maximum atomic E-state index is 12.3. The molecule has 2 amide bonds. The molecule has 2 rings (SSSR count). The largest absolute Gasteiger partial charge is 0.492 e. The molecule has 0 aliphatic heterocycles. The fourth-order valence-electron chi connectivity index (χ4n) is 2.36. The molecule has 0 aliphatic rings. The lowest BCUT2D eigenvalue weighted by atomic mass is 10.2. The minimum atomic E-state index is -0.164. The molecule has 0 fully saturated rings. The molecule has 0 bridgehead atoms. The molecule has 0 radical (unpaired) electrons. The second-order valence-electron chi connectivity index (χ2n) is 5.79. The van der Waals surface area contributed by atoms with Gasteiger partial charge in [0.2, 0.25) is 11.8 Å². The number of nitrogens with one attached hydrogen (secondary N) is 1. The summed E-state index contributed by atoms with van der Waals surface area (Å²) in [5, 5.41) is 5.77. The van der Waals surface area contributed by atoms with Gasteiger partial charge in [-0.3, -0.25) is 9.59 Å². The Hall–Kier alpha value is -1.76. The van der Waals surface area contributed by atoms with Gasteiger partial charge in [-0.25, -0.2) is 0 Å². The quantitative estimate of drug-likeness (QED) is 0.571. The number of amides is 2. The first-order valence-electron chi connectivity index (χ1n) is 8.64. The molecule has 1 heterocycles. The SMILES string of the molecule is CCN(CC(=O)NCc1cccs1)C(=O)CCCOc1ccc(Cl)cc1Cl. The second kappa shape index (κ2) is 11.2. The van der Waals surface area contributed by atoms with Crippen LogP contribution in [0.25, 0.3) is 0 Å². The van der Waals surface area contributed by atoms with E-state index in [1.807, 2.05) is 24.4 Å². The molecule has 1 aromatic carbocycles. The molecule has 1 N–H and O–H groups in total. The molecule has 0 unspecified atom stereocenters. The monoisotopic (exact) mass is 428 g/mol. The molecule has 146 valence electrons. The number of carbonyl (C=O) groups excluding carboxylic acids is 2. The van der Waals surface area contributed by atoms with Crippen LogP contribution in [0.5, 0.6) is 5.75 Å². The third-order valence-electron chi connectivity index (χ3n) is 3.80. The van der Waals surface area contributed by atoms with Crippen molar-refractivity contribution < 1.29 is 14.3 Å². The molecule has 27 heavy (non-hydrogen) atoms. The summed E-state index contributed by atoms with van der Waals surface area (Å²) in [4.78, 5) is 27.0. The van der Waals surface area contributed by atoms with Crippen LogP contribution in [0.3, 0.4) is 0 Å². The van der Waals surface area contributed by atoms with Gasteiger partial charge in [-0.1, -0.05) is 29.3 Å². The Morgan fingerprint density at radius 1 is 1.26 bits per heavy atom. The van der Waals surface area contributed by atoms with Crippen molar-refractivity contribution in [3.8, 4) is 5.75 Å². The molecule has 0 spiro atoms. The maximum absolute atomic E-state index is 12.3. The van der Waals surface area contributed by atoms with E-state index in [0.29, 0.717) is 48.3 Å². The predicted octanol–water partition coefficient (Wildman–Crippen LogP) is 4.38. The van der Waals surface area contributed by atoms with Crippen molar-refractivity contribution in [1.82, 2.24) is 10.2 Å². The van der Waals surface area contributed by atoms with Gasteiger partial charge in [0.15, 0.2) is 0 Å². The van der Waals surface area contributed by atoms with Crippen molar-refractivity contribution in [2.24, 2.45) is 0 Å². The van der Waals surface area contributed by atoms with Crippen LogP contribution in [0.15, 0.2) is 35.7 Å². The topological polar surface area (TPSA) is 58.6 Å². The number of ether oxygens (including phenoxy) is 1. The Bertz CT molecular complexity index is 753. The van der Waals surface area contributed by atoms with E-state index >= 15 is 0 Å². The standard InChI is InChI=1S/C19H22Cl2N2O3S/c1-2-23(13-18(24)22-12-15-5-4-10-27-15)19(25)6-3-9-26-17-8-7-14(20)11-16(17)21/h4-5,7-8,10-11H,2-3,6,9,12-13H2,1H3,(H,22,24). The van der Waals surface area contributed by atoms with Gasteiger partial charge in [0, 0.05) is 22.9 Å². The number of benzene rings is 1. The summed E-state index contributed by atoms with van der Waals surface area (Å²) < 4.78 is 5.58. The molecule has 0 atom stereocenters. The predicted molar refractivity (Wildman–Crippen MR) is 110 cm³/mol. The molecule has 1 aromatic heterocycles. The van der Waals surface area contributed by atoms with E-state index in [9.17, 15) is 9.59 Å². The van der Waals surface area contributed by atoms with Crippen molar-refractivity contribution in [3.05, 3.63) is 50.6 Å². The van der Waals surface area contributed by atoms with Gasteiger partial charge in [0.25, 0.3) is 0 Å². The van der Waals surface area contributed by atoms with Gasteiger partial charge >= 0.3 is 0 Å². The summed E-state index contributed by atoms with van der Waals surface area (Å²) in [5.41, 5.74) is 0. The lowest BCUT2D eigenvalue weighted by molar-refractivity contribution is -0.136. The van der Waals surface area contributed by atoms with Crippen LogP contribution in [0.1, 0.15) is 24.6 Å². The van der Waals surface area contributed by atoms with E-state index in [4.69, 9.17) is 27.9 Å². The van der Waals surface area contributed by atoms with Crippen molar-refractivity contribution in [1.29, 1.82) is 0 Å². The van der Waals surface area contributed by atoms with Crippen molar-refractivity contribution in [2.75, 3.05) is 19.7 Å². The van der Waals surface area contributed by atoms with Crippen LogP contribution in [0, 0.1) is 0 Å². The zero-order valence-electron chi connectivity index (χ0n) is 15.0. The second-order valence-corrected chi connectivity index (χ2v) is 7.67. The van der Waals surface area contributed by atoms with Gasteiger partial charge in [-0.2, -0.15) is 0 Å². The third kappa shape index (κ3) is 7.40. The van der Waals surface area contributed by atoms with E-state index in [1.165, 1.54) is 0 Å². The lowest BCUT2D eigenvalue weighted by Gasteiger charge is -2.20. The van der Waals surface area contributed by atoms with Crippen LogP contribution in [0.4, 0.5) is 0 Å². The highest BCUT2D eigenvalue weighted by molar-refractivity contribution is 7.09. The number of halogens is 2. The van der Waals surface area contributed by atoms with Crippen LogP contribution < -0.4 is 10.1 Å². The number of hydrogen-bond donors (Lipinski definition) is 1. The first-order valence-corrected chi connectivity index (χ1v) is 10.3. The highest BCUT2D eigenvalue weighted by Gasteiger charge is 2.15. The van der Waals surface area contributed by atoms with E-state index in [-0.39, 0.29) is 18.4 Å². The molecular formula is C19H22Cl2N2O3S. The fraction of sp³-hybridized carbons (Fsp3) is 0.368. The summed E-state index contributed by atoms with van der Waals surface area (Å²) in [6.45, 7) is 3.24. The first kappa shape index (κ1) is 21.5. The Balaban J connectivity index is 1.69. The smallest absolute Gasteiger partial charge is 0.239 e.